The SMILES string of the molecule is CC(NC(=O)c1ccncn1)c1ccncc1. The van der Waals surface area contributed by atoms with Crippen molar-refractivity contribution in [3.05, 3.63) is 54.4 Å². The van der Waals surface area contributed by atoms with E-state index in [2.05, 4.69) is 20.3 Å². The van der Waals surface area contributed by atoms with Gasteiger partial charge in [0.1, 0.15) is 12.0 Å². The van der Waals surface area contributed by atoms with Gasteiger partial charge in [-0.2, -0.15) is 0 Å². The van der Waals surface area contributed by atoms with Crippen molar-refractivity contribution >= 4 is 5.91 Å². The monoisotopic (exact) mass is 228 g/mol. The lowest BCUT2D eigenvalue weighted by Gasteiger charge is -2.13. The normalized spacial score (nSPS) is 11.8. The number of hydrogen-bond donors (Lipinski definition) is 1. The standard InChI is InChI=1S/C12H12N4O/c1-9(10-2-5-13-6-3-10)16-12(17)11-4-7-14-8-15-11/h2-9H,1H3,(H,16,17). The van der Waals surface area contributed by atoms with E-state index in [1.807, 2.05) is 19.1 Å². The van der Waals surface area contributed by atoms with E-state index in [4.69, 9.17) is 0 Å². The first-order valence-corrected chi connectivity index (χ1v) is 5.24. The van der Waals surface area contributed by atoms with Crippen LogP contribution in [0.5, 0.6) is 0 Å². The van der Waals surface area contributed by atoms with Crippen LogP contribution < -0.4 is 5.32 Å². The van der Waals surface area contributed by atoms with Crippen molar-refractivity contribution in [2.75, 3.05) is 0 Å². The third kappa shape index (κ3) is 2.84. The van der Waals surface area contributed by atoms with E-state index in [1.54, 1.807) is 24.7 Å². The molecule has 2 heterocycles. The van der Waals surface area contributed by atoms with Gasteiger partial charge in [-0.3, -0.25) is 9.78 Å². The van der Waals surface area contributed by atoms with Crippen LogP contribution in [0.15, 0.2) is 43.1 Å². The number of carbonyl (C=O) groups excluding carboxylic acids is 1. The van der Waals surface area contributed by atoms with Gasteiger partial charge in [0.15, 0.2) is 0 Å². The highest BCUT2D eigenvalue weighted by atomic mass is 16.1. The summed E-state index contributed by atoms with van der Waals surface area (Å²) in [6.45, 7) is 1.91. The summed E-state index contributed by atoms with van der Waals surface area (Å²) in [7, 11) is 0. The number of carbonyl (C=O) groups is 1. The molecule has 0 aliphatic heterocycles. The summed E-state index contributed by atoms with van der Waals surface area (Å²) in [4.78, 5) is 23.4. The van der Waals surface area contributed by atoms with Crippen LogP contribution in [0.4, 0.5) is 0 Å². The van der Waals surface area contributed by atoms with Crippen LogP contribution >= 0.6 is 0 Å². The minimum Gasteiger partial charge on any atom is -0.344 e. The summed E-state index contributed by atoms with van der Waals surface area (Å²) < 4.78 is 0. The van der Waals surface area contributed by atoms with Crippen LogP contribution in [0.25, 0.3) is 0 Å². The second kappa shape index (κ2) is 5.16. The fourth-order valence-electron chi connectivity index (χ4n) is 1.43. The Balaban J connectivity index is 2.05. The van der Waals surface area contributed by atoms with Crippen molar-refractivity contribution in [1.29, 1.82) is 0 Å². The molecular formula is C12H12N4O. The number of nitrogens with one attached hydrogen (secondary N) is 1. The highest BCUT2D eigenvalue weighted by Gasteiger charge is 2.11. The zero-order valence-electron chi connectivity index (χ0n) is 9.37. The molecule has 0 aromatic carbocycles. The van der Waals surface area contributed by atoms with E-state index in [1.165, 1.54) is 6.33 Å². The Kier molecular flexibility index (Phi) is 3.40. The minimum atomic E-state index is -0.211. The fraction of sp³-hybridized carbons (Fsp3) is 0.167. The molecule has 1 N–H and O–H groups in total. The fourth-order valence-corrected chi connectivity index (χ4v) is 1.43. The second-order valence-corrected chi connectivity index (χ2v) is 3.57. The van der Waals surface area contributed by atoms with Crippen molar-refractivity contribution in [1.82, 2.24) is 20.3 Å². The molecule has 2 rings (SSSR count). The summed E-state index contributed by atoms with van der Waals surface area (Å²) in [6, 6.07) is 5.23. The van der Waals surface area contributed by atoms with Crippen molar-refractivity contribution in [3.63, 3.8) is 0 Å². The molecular weight excluding hydrogens is 216 g/mol. The molecule has 17 heavy (non-hydrogen) atoms. The highest BCUT2D eigenvalue weighted by Crippen LogP contribution is 2.10. The number of nitrogens with zero attached hydrogens (tertiary/aromatic N) is 3. The van der Waals surface area contributed by atoms with Gasteiger partial charge in [0.25, 0.3) is 5.91 Å². The molecule has 0 aliphatic carbocycles. The molecule has 0 saturated heterocycles. The molecule has 2 aromatic heterocycles. The van der Waals surface area contributed by atoms with E-state index in [0.29, 0.717) is 5.69 Å². The number of aromatic nitrogens is 3. The van der Waals surface area contributed by atoms with Crippen LogP contribution in [0.1, 0.15) is 29.0 Å². The number of rotatable bonds is 3. The summed E-state index contributed by atoms with van der Waals surface area (Å²) >= 11 is 0. The average molecular weight is 228 g/mol. The molecule has 0 saturated carbocycles. The first-order valence-electron chi connectivity index (χ1n) is 5.24. The molecule has 1 unspecified atom stereocenters. The lowest BCUT2D eigenvalue weighted by molar-refractivity contribution is 0.0934. The van der Waals surface area contributed by atoms with E-state index in [9.17, 15) is 4.79 Å². The van der Waals surface area contributed by atoms with Crippen LogP contribution in [0.3, 0.4) is 0 Å². The largest absolute Gasteiger partial charge is 0.344 e. The van der Waals surface area contributed by atoms with Crippen molar-refractivity contribution in [2.45, 2.75) is 13.0 Å². The predicted molar refractivity (Wildman–Crippen MR) is 62.2 cm³/mol. The van der Waals surface area contributed by atoms with Gasteiger partial charge < -0.3 is 5.32 Å². The number of pyridine rings is 1. The lowest BCUT2D eigenvalue weighted by atomic mass is 10.1. The molecule has 86 valence electrons. The van der Waals surface area contributed by atoms with Crippen molar-refractivity contribution < 1.29 is 4.79 Å². The van der Waals surface area contributed by atoms with Crippen LogP contribution in [0, 0.1) is 0 Å². The van der Waals surface area contributed by atoms with Gasteiger partial charge in [0.05, 0.1) is 6.04 Å². The third-order valence-electron chi connectivity index (χ3n) is 2.37. The smallest absolute Gasteiger partial charge is 0.270 e. The Morgan fingerprint density at radius 2 is 1.88 bits per heavy atom. The van der Waals surface area contributed by atoms with E-state index < -0.39 is 0 Å². The molecule has 1 atom stereocenters. The Morgan fingerprint density at radius 1 is 1.18 bits per heavy atom. The van der Waals surface area contributed by atoms with Crippen LogP contribution in [0.2, 0.25) is 0 Å². The maximum absolute atomic E-state index is 11.8. The Labute approximate surface area is 99.0 Å². The molecule has 1 amide bonds. The maximum Gasteiger partial charge on any atom is 0.270 e. The topological polar surface area (TPSA) is 67.8 Å². The van der Waals surface area contributed by atoms with E-state index >= 15 is 0 Å². The molecule has 0 aliphatic rings. The first kappa shape index (κ1) is 11.2. The quantitative estimate of drug-likeness (QED) is 0.861. The van der Waals surface area contributed by atoms with E-state index in [-0.39, 0.29) is 11.9 Å². The van der Waals surface area contributed by atoms with Gasteiger partial charge in [0, 0.05) is 18.6 Å². The van der Waals surface area contributed by atoms with Gasteiger partial charge in [-0.15, -0.1) is 0 Å². The molecule has 5 heteroatoms. The average Bonchev–Trinajstić information content (AvgIpc) is 2.40. The van der Waals surface area contributed by atoms with Crippen LogP contribution in [-0.2, 0) is 0 Å². The summed E-state index contributed by atoms with van der Waals surface area (Å²) in [5.41, 5.74) is 1.36. The molecule has 2 aromatic rings. The zero-order chi connectivity index (χ0) is 12.1. The van der Waals surface area contributed by atoms with Gasteiger partial charge in [-0.05, 0) is 30.7 Å². The lowest BCUT2D eigenvalue weighted by Crippen LogP contribution is -2.27. The predicted octanol–water partition coefficient (Wildman–Crippen LogP) is 1.36. The van der Waals surface area contributed by atoms with Crippen molar-refractivity contribution in [2.24, 2.45) is 0 Å². The molecule has 0 spiro atoms. The molecule has 0 radical (unpaired) electrons. The van der Waals surface area contributed by atoms with Gasteiger partial charge in [-0.1, -0.05) is 0 Å². The Bertz CT molecular complexity index is 486. The number of amides is 1. The Morgan fingerprint density at radius 3 is 2.53 bits per heavy atom. The van der Waals surface area contributed by atoms with Gasteiger partial charge in [0.2, 0.25) is 0 Å². The first-order chi connectivity index (χ1) is 8.27. The minimum absolute atomic E-state index is 0.0829. The van der Waals surface area contributed by atoms with Gasteiger partial charge >= 0.3 is 0 Å². The summed E-state index contributed by atoms with van der Waals surface area (Å²) in [5, 5.41) is 2.86. The second-order valence-electron chi connectivity index (χ2n) is 3.57. The molecule has 0 fully saturated rings. The highest BCUT2D eigenvalue weighted by molar-refractivity contribution is 5.92. The van der Waals surface area contributed by atoms with Crippen molar-refractivity contribution in [3.8, 4) is 0 Å². The maximum atomic E-state index is 11.8. The third-order valence-corrected chi connectivity index (χ3v) is 2.37. The zero-order valence-corrected chi connectivity index (χ0v) is 9.37. The van der Waals surface area contributed by atoms with Crippen LogP contribution in [-0.4, -0.2) is 20.9 Å². The van der Waals surface area contributed by atoms with E-state index in [0.717, 1.165) is 5.56 Å². The summed E-state index contributed by atoms with van der Waals surface area (Å²) in [6.07, 6.45) is 6.29. The summed E-state index contributed by atoms with van der Waals surface area (Å²) in [5.74, 6) is -0.211. The van der Waals surface area contributed by atoms with Gasteiger partial charge in [-0.25, -0.2) is 9.97 Å². The Hall–Kier alpha value is -2.30. The number of hydrogen-bond acceptors (Lipinski definition) is 4. The molecule has 0 bridgehead atoms. The molecule has 5 nitrogen and oxygen atoms in total.